The van der Waals surface area contributed by atoms with Crippen LogP contribution >= 0.6 is 11.6 Å². The summed E-state index contributed by atoms with van der Waals surface area (Å²) in [4.78, 5) is 14.0. The number of ether oxygens (including phenoxy) is 1. The van der Waals surface area contributed by atoms with Gasteiger partial charge in [-0.1, -0.05) is 11.6 Å². The Balaban J connectivity index is 1.83. The van der Waals surface area contributed by atoms with Crippen LogP contribution in [0.5, 0.6) is 5.75 Å². The van der Waals surface area contributed by atoms with E-state index >= 15 is 0 Å². The maximum atomic E-state index is 13.0. The van der Waals surface area contributed by atoms with E-state index in [1.807, 2.05) is 14.1 Å². The second-order valence-corrected chi connectivity index (χ2v) is 5.95. The molecule has 0 bridgehead atoms. The predicted octanol–water partition coefficient (Wildman–Crippen LogP) is 3.33. The van der Waals surface area contributed by atoms with Gasteiger partial charge in [-0.05, 0) is 57.4 Å². The Hall–Kier alpha value is -2.05. The summed E-state index contributed by atoms with van der Waals surface area (Å²) >= 11 is 5.88. The second-order valence-electron chi connectivity index (χ2n) is 5.54. The third-order valence-electron chi connectivity index (χ3n) is 3.22. The van der Waals surface area contributed by atoms with Crippen LogP contribution in [0, 0.1) is 5.82 Å². The Morgan fingerprint density at radius 3 is 2.83 bits per heavy atom. The number of nitrogens with zero attached hydrogens (tertiary/aromatic N) is 1. The highest BCUT2D eigenvalue weighted by atomic mass is 35.5. The van der Waals surface area contributed by atoms with Crippen molar-refractivity contribution in [2.75, 3.05) is 27.2 Å². The zero-order valence-corrected chi connectivity index (χ0v) is 14.4. The molecule has 24 heavy (non-hydrogen) atoms. The van der Waals surface area contributed by atoms with Crippen molar-refractivity contribution in [1.29, 1.82) is 0 Å². The normalized spacial score (nSPS) is 10.9. The first-order valence-corrected chi connectivity index (χ1v) is 7.93. The molecule has 0 aliphatic rings. The van der Waals surface area contributed by atoms with Crippen LogP contribution < -0.4 is 10.1 Å². The molecule has 1 aromatic carbocycles. The molecule has 2 aromatic rings. The standard InChI is InChI=1S/C17H20ClFN2O3/c1-21(2)9-3-8-20-17(22)16-7-5-13(24-16)11-23-15-6-4-12(19)10-14(15)18/h4-7,10H,3,8-9,11H2,1-2H3,(H,20,22). The zero-order chi connectivity index (χ0) is 17.5. The van der Waals surface area contributed by atoms with Crippen molar-refractivity contribution in [2.45, 2.75) is 13.0 Å². The second kappa shape index (κ2) is 8.70. The summed E-state index contributed by atoms with van der Waals surface area (Å²) in [6, 6.07) is 7.12. The molecule has 0 unspecified atom stereocenters. The number of nitrogens with one attached hydrogen (secondary N) is 1. The van der Waals surface area contributed by atoms with Gasteiger partial charge in [-0.3, -0.25) is 4.79 Å². The number of furan rings is 1. The molecule has 0 saturated carbocycles. The maximum Gasteiger partial charge on any atom is 0.286 e. The van der Waals surface area contributed by atoms with Crippen LogP contribution in [0.15, 0.2) is 34.7 Å². The molecule has 0 radical (unpaired) electrons. The molecule has 1 N–H and O–H groups in total. The lowest BCUT2D eigenvalue weighted by atomic mass is 10.3. The van der Waals surface area contributed by atoms with Crippen LogP contribution in [0.4, 0.5) is 4.39 Å². The monoisotopic (exact) mass is 354 g/mol. The lowest BCUT2D eigenvalue weighted by Crippen LogP contribution is -2.26. The maximum absolute atomic E-state index is 13.0. The Morgan fingerprint density at radius 1 is 1.33 bits per heavy atom. The first-order valence-electron chi connectivity index (χ1n) is 7.55. The summed E-state index contributed by atoms with van der Waals surface area (Å²) in [5, 5.41) is 2.97. The summed E-state index contributed by atoms with van der Waals surface area (Å²) in [5.41, 5.74) is 0. The lowest BCUT2D eigenvalue weighted by Gasteiger charge is -2.09. The van der Waals surface area contributed by atoms with Gasteiger partial charge in [0.15, 0.2) is 5.76 Å². The highest BCUT2D eigenvalue weighted by molar-refractivity contribution is 6.32. The number of hydrogen-bond acceptors (Lipinski definition) is 4. The summed E-state index contributed by atoms with van der Waals surface area (Å²) < 4.78 is 23.9. The van der Waals surface area contributed by atoms with E-state index in [2.05, 4.69) is 10.2 Å². The van der Waals surface area contributed by atoms with Crippen LogP contribution in [0.25, 0.3) is 0 Å². The van der Waals surface area contributed by atoms with Crippen LogP contribution in [0.1, 0.15) is 22.7 Å². The van der Waals surface area contributed by atoms with E-state index in [0.29, 0.717) is 18.1 Å². The highest BCUT2D eigenvalue weighted by Crippen LogP contribution is 2.25. The fourth-order valence-corrected chi connectivity index (χ4v) is 2.22. The Kier molecular flexibility index (Phi) is 6.63. The quantitative estimate of drug-likeness (QED) is 0.739. The number of benzene rings is 1. The molecule has 0 atom stereocenters. The first kappa shape index (κ1) is 18.3. The zero-order valence-electron chi connectivity index (χ0n) is 13.6. The summed E-state index contributed by atoms with van der Waals surface area (Å²) in [5.74, 6) is 0.361. The van der Waals surface area contributed by atoms with Crippen molar-refractivity contribution < 1.29 is 18.3 Å². The van der Waals surface area contributed by atoms with E-state index in [0.717, 1.165) is 13.0 Å². The largest absolute Gasteiger partial charge is 0.484 e. The van der Waals surface area contributed by atoms with E-state index in [1.54, 1.807) is 12.1 Å². The van der Waals surface area contributed by atoms with Gasteiger partial charge in [0.25, 0.3) is 5.91 Å². The van der Waals surface area contributed by atoms with E-state index in [-0.39, 0.29) is 23.3 Å². The summed E-state index contributed by atoms with van der Waals surface area (Å²) in [6.07, 6.45) is 0.860. The van der Waals surface area contributed by atoms with E-state index in [1.165, 1.54) is 18.2 Å². The molecule has 130 valence electrons. The SMILES string of the molecule is CN(C)CCCNC(=O)c1ccc(COc2ccc(F)cc2Cl)o1. The number of amides is 1. The number of carbonyl (C=O) groups excluding carboxylic acids is 1. The number of halogens is 2. The van der Waals surface area contributed by atoms with Gasteiger partial charge in [0.1, 0.15) is 23.9 Å². The molecule has 0 spiro atoms. The molecular weight excluding hydrogens is 335 g/mol. The Labute approximate surface area is 145 Å². The van der Waals surface area contributed by atoms with Gasteiger partial charge in [-0.25, -0.2) is 4.39 Å². The van der Waals surface area contributed by atoms with Gasteiger partial charge >= 0.3 is 0 Å². The average molecular weight is 355 g/mol. The van der Waals surface area contributed by atoms with E-state index in [9.17, 15) is 9.18 Å². The molecule has 0 fully saturated rings. The number of carbonyl (C=O) groups is 1. The van der Waals surface area contributed by atoms with Gasteiger partial charge in [-0.2, -0.15) is 0 Å². The number of rotatable bonds is 8. The fourth-order valence-electron chi connectivity index (χ4n) is 2.00. The van der Waals surface area contributed by atoms with Crippen LogP contribution in [0.2, 0.25) is 5.02 Å². The van der Waals surface area contributed by atoms with Crippen LogP contribution in [-0.4, -0.2) is 38.0 Å². The van der Waals surface area contributed by atoms with Gasteiger partial charge in [-0.15, -0.1) is 0 Å². The Bertz CT molecular complexity index is 688. The van der Waals surface area contributed by atoms with Gasteiger partial charge in [0.2, 0.25) is 0 Å². The molecule has 7 heteroatoms. The highest BCUT2D eigenvalue weighted by Gasteiger charge is 2.11. The Morgan fingerprint density at radius 2 is 2.12 bits per heavy atom. The molecule has 0 saturated heterocycles. The van der Waals surface area contributed by atoms with Crippen molar-refractivity contribution in [3.63, 3.8) is 0 Å². The molecule has 0 aliphatic heterocycles. The van der Waals surface area contributed by atoms with Crippen molar-refractivity contribution in [3.8, 4) is 5.75 Å². The minimum atomic E-state index is -0.432. The smallest absolute Gasteiger partial charge is 0.286 e. The van der Waals surface area contributed by atoms with E-state index in [4.69, 9.17) is 20.8 Å². The molecule has 1 heterocycles. The molecule has 0 aliphatic carbocycles. The fraction of sp³-hybridized carbons (Fsp3) is 0.353. The van der Waals surface area contributed by atoms with Gasteiger partial charge in [0, 0.05) is 6.54 Å². The van der Waals surface area contributed by atoms with Crippen molar-refractivity contribution in [1.82, 2.24) is 10.2 Å². The molecule has 1 amide bonds. The molecule has 5 nitrogen and oxygen atoms in total. The van der Waals surface area contributed by atoms with Crippen molar-refractivity contribution in [2.24, 2.45) is 0 Å². The third kappa shape index (κ3) is 5.54. The predicted molar refractivity (Wildman–Crippen MR) is 90.0 cm³/mol. The van der Waals surface area contributed by atoms with E-state index < -0.39 is 5.82 Å². The first-order chi connectivity index (χ1) is 11.5. The number of hydrogen-bond donors (Lipinski definition) is 1. The molecule has 1 aromatic heterocycles. The average Bonchev–Trinajstić information content (AvgIpc) is 2.99. The molecular formula is C17H20ClFN2O3. The topological polar surface area (TPSA) is 54.7 Å². The van der Waals surface area contributed by atoms with Gasteiger partial charge < -0.3 is 19.4 Å². The minimum absolute atomic E-state index is 0.0965. The van der Waals surface area contributed by atoms with Crippen LogP contribution in [-0.2, 0) is 6.61 Å². The van der Waals surface area contributed by atoms with Crippen molar-refractivity contribution >= 4 is 17.5 Å². The third-order valence-corrected chi connectivity index (χ3v) is 3.51. The lowest BCUT2D eigenvalue weighted by molar-refractivity contribution is 0.0920. The van der Waals surface area contributed by atoms with Gasteiger partial charge in [0.05, 0.1) is 5.02 Å². The summed E-state index contributed by atoms with van der Waals surface area (Å²) in [6.45, 7) is 1.57. The molecule has 2 rings (SSSR count). The van der Waals surface area contributed by atoms with Crippen molar-refractivity contribution in [3.05, 3.63) is 52.7 Å². The van der Waals surface area contributed by atoms with Crippen LogP contribution in [0.3, 0.4) is 0 Å². The minimum Gasteiger partial charge on any atom is -0.484 e. The summed E-state index contributed by atoms with van der Waals surface area (Å²) in [7, 11) is 3.96.